The molecule has 0 unspecified atom stereocenters. The Hall–Kier alpha value is -3.69. The number of benzene rings is 4. The van der Waals surface area contributed by atoms with Gasteiger partial charge < -0.3 is 14.6 Å². The van der Waals surface area contributed by atoms with Crippen molar-refractivity contribution < 1.29 is 19.4 Å². The van der Waals surface area contributed by atoms with Crippen LogP contribution in [0.2, 0.25) is 5.02 Å². The smallest absolute Gasteiger partial charge is 0.266 e. The summed E-state index contributed by atoms with van der Waals surface area (Å²) >= 11 is 9.65. The number of ether oxygens (including phenoxy) is 2. The summed E-state index contributed by atoms with van der Waals surface area (Å²) in [4.78, 5) is 19.3. The Balaban J connectivity index is 1.49. The number of hydrogen-bond donors (Lipinski definition) is 3. The van der Waals surface area contributed by atoms with Crippen LogP contribution in [0, 0.1) is 0 Å². The number of nitrogens with one attached hydrogen (secondary N) is 2. The molecule has 7 nitrogen and oxygen atoms in total. The number of aliphatic hydroxyl groups excluding tert-OH is 1. The van der Waals surface area contributed by atoms with Gasteiger partial charge in [0.1, 0.15) is 5.75 Å². The first-order valence-corrected chi connectivity index (χ1v) is 14.8. The lowest BCUT2D eigenvalue weighted by Gasteiger charge is -2.31. The highest BCUT2D eigenvalue weighted by molar-refractivity contribution is 9.10. The first-order valence-electron chi connectivity index (χ1n) is 13.6. The van der Waals surface area contributed by atoms with E-state index in [9.17, 15) is 4.79 Å². The lowest BCUT2D eigenvalue weighted by molar-refractivity contribution is -0.130. The minimum atomic E-state index is -1.32. The van der Waals surface area contributed by atoms with Crippen LogP contribution in [0.4, 0.5) is 0 Å². The van der Waals surface area contributed by atoms with E-state index in [1.54, 1.807) is 6.07 Å². The van der Waals surface area contributed by atoms with Crippen LogP contribution in [-0.4, -0.2) is 35.7 Å². The first-order chi connectivity index (χ1) is 20.5. The van der Waals surface area contributed by atoms with Crippen molar-refractivity contribution in [1.29, 1.82) is 0 Å². The number of amides is 1. The number of halogens is 2. The molecule has 1 aliphatic heterocycles. The molecule has 5 rings (SSSR count). The number of rotatable bonds is 12. The number of hydrogen-bond acceptors (Lipinski definition) is 6. The van der Waals surface area contributed by atoms with Crippen molar-refractivity contribution in [2.45, 2.75) is 31.0 Å². The normalized spacial score (nSPS) is 17.8. The molecule has 2 atom stereocenters. The van der Waals surface area contributed by atoms with Gasteiger partial charge in [-0.1, -0.05) is 82.1 Å². The molecule has 0 spiro atoms. The molecule has 0 saturated carbocycles. The van der Waals surface area contributed by atoms with Crippen LogP contribution < -0.4 is 15.6 Å². The summed E-state index contributed by atoms with van der Waals surface area (Å²) in [6.45, 7) is 0.869. The zero-order valence-corrected chi connectivity index (χ0v) is 25.1. The molecule has 0 bridgehead atoms. The minimum Gasteiger partial charge on any atom is -0.494 e. The van der Waals surface area contributed by atoms with Crippen LogP contribution in [0.3, 0.4) is 0 Å². The van der Waals surface area contributed by atoms with Crippen molar-refractivity contribution in [2.75, 3.05) is 13.2 Å². The second kappa shape index (κ2) is 14.0. The Morgan fingerprint density at radius 2 is 1.74 bits per heavy atom. The van der Waals surface area contributed by atoms with Crippen molar-refractivity contribution in [1.82, 2.24) is 10.9 Å². The molecule has 42 heavy (non-hydrogen) atoms. The van der Waals surface area contributed by atoms with E-state index in [1.807, 2.05) is 97.1 Å². The molecule has 0 aliphatic carbocycles. The fourth-order valence-electron chi connectivity index (χ4n) is 4.81. The molecule has 1 amide bonds. The summed E-state index contributed by atoms with van der Waals surface area (Å²) in [5.74, 6) is 0.725. The maximum Gasteiger partial charge on any atom is 0.266 e. The molecule has 0 saturated heterocycles. The van der Waals surface area contributed by atoms with Crippen LogP contribution in [0.15, 0.2) is 113 Å². The number of carbonyl (C=O) groups excluding carboxylic acids is 1. The average molecular weight is 649 g/mol. The molecule has 216 valence electrons. The average Bonchev–Trinajstić information content (AvgIpc) is 3.40. The maximum absolute atomic E-state index is 14.2. The highest BCUT2D eigenvalue weighted by Gasteiger charge is 2.53. The van der Waals surface area contributed by atoms with Crippen molar-refractivity contribution in [2.24, 2.45) is 4.99 Å². The number of aliphatic imine (C=N–C) groups is 1. The van der Waals surface area contributed by atoms with E-state index in [-0.39, 0.29) is 12.5 Å². The summed E-state index contributed by atoms with van der Waals surface area (Å²) in [5, 5.41) is 9.65. The van der Waals surface area contributed by atoms with Gasteiger partial charge in [-0.15, -0.1) is 0 Å². The SMILES string of the molecule is O=C(NNCc1cccc(Cl)c1)[C@@]1(Cc2ccc(Br)cc2)N=C(c2ccc(OCCCO)cc2)O[C@H]1c1ccccc1. The third-order valence-corrected chi connectivity index (χ3v) is 7.67. The summed E-state index contributed by atoms with van der Waals surface area (Å²) in [7, 11) is 0. The lowest BCUT2D eigenvalue weighted by Crippen LogP contribution is -2.53. The minimum absolute atomic E-state index is 0.0695. The van der Waals surface area contributed by atoms with Gasteiger partial charge in [0.25, 0.3) is 5.91 Å². The van der Waals surface area contributed by atoms with Crippen molar-refractivity contribution in [3.8, 4) is 5.75 Å². The van der Waals surface area contributed by atoms with Crippen LogP contribution >= 0.6 is 27.5 Å². The number of carbonyl (C=O) groups is 1. The molecule has 9 heteroatoms. The van der Waals surface area contributed by atoms with Crippen molar-refractivity contribution in [3.05, 3.63) is 135 Å². The second-order valence-corrected chi connectivity index (χ2v) is 11.3. The van der Waals surface area contributed by atoms with E-state index in [4.69, 9.17) is 31.2 Å². The first kappa shape index (κ1) is 29.8. The van der Waals surface area contributed by atoms with Crippen LogP contribution in [-0.2, 0) is 22.5 Å². The lowest BCUT2D eigenvalue weighted by atomic mass is 9.82. The number of aliphatic hydroxyl groups is 1. The molecule has 4 aromatic carbocycles. The Morgan fingerprint density at radius 1 is 0.976 bits per heavy atom. The quantitative estimate of drug-likeness (QED) is 0.126. The largest absolute Gasteiger partial charge is 0.494 e. The summed E-state index contributed by atoms with van der Waals surface area (Å²) in [6.07, 6.45) is 0.164. The van der Waals surface area contributed by atoms with Crippen LogP contribution in [0.5, 0.6) is 5.75 Å². The standard InChI is InChI=1S/C33H31BrClN3O4/c34-27-14-10-23(11-15-27)21-33(32(40)38-36-22-24-6-4-9-28(35)20-24)30(25-7-2-1-3-8-25)42-31(37-33)26-12-16-29(17-13-26)41-19-5-18-39/h1-4,6-17,20,30,36,39H,5,18-19,21-22H2,(H,38,40)/t30-,33-/m0/s1. The van der Waals surface area contributed by atoms with Gasteiger partial charge in [0.15, 0.2) is 11.6 Å². The van der Waals surface area contributed by atoms with Crippen molar-refractivity contribution >= 4 is 39.3 Å². The Kier molecular flexibility index (Phi) is 9.92. The zero-order chi connectivity index (χ0) is 29.4. The summed E-state index contributed by atoms with van der Waals surface area (Å²) < 4.78 is 13.2. The fourth-order valence-corrected chi connectivity index (χ4v) is 5.28. The van der Waals surface area contributed by atoms with E-state index >= 15 is 0 Å². The van der Waals surface area contributed by atoms with Gasteiger partial charge >= 0.3 is 0 Å². The van der Waals surface area contributed by atoms with E-state index in [0.717, 1.165) is 26.7 Å². The maximum atomic E-state index is 14.2. The third kappa shape index (κ3) is 7.20. The number of hydrazine groups is 1. The van der Waals surface area contributed by atoms with E-state index in [0.29, 0.717) is 42.7 Å². The molecule has 0 radical (unpaired) electrons. The van der Waals surface area contributed by atoms with Gasteiger partial charge in [0.2, 0.25) is 5.90 Å². The van der Waals surface area contributed by atoms with Gasteiger partial charge in [-0.3, -0.25) is 10.2 Å². The molecule has 1 aliphatic rings. The van der Waals surface area contributed by atoms with Gasteiger partial charge in [-0.25, -0.2) is 10.4 Å². The Morgan fingerprint density at radius 3 is 2.45 bits per heavy atom. The molecular weight excluding hydrogens is 618 g/mol. The second-order valence-electron chi connectivity index (χ2n) is 9.94. The monoisotopic (exact) mass is 647 g/mol. The highest BCUT2D eigenvalue weighted by Crippen LogP contribution is 2.42. The molecule has 0 fully saturated rings. The van der Waals surface area contributed by atoms with Gasteiger partial charge in [-0.2, -0.15) is 0 Å². The fraction of sp³-hybridized carbons (Fsp3) is 0.212. The predicted molar refractivity (Wildman–Crippen MR) is 167 cm³/mol. The predicted octanol–water partition coefficient (Wildman–Crippen LogP) is 6.18. The van der Waals surface area contributed by atoms with Gasteiger partial charge in [0.05, 0.1) is 6.61 Å². The Bertz CT molecular complexity index is 1520. The third-order valence-electron chi connectivity index (χ3n) is 6.90. The topological polar surface area (TPSA) is 92.2 Å². The van der Waals surface area contributed by atoms with Crippen LogP contribution in [0.1, 0.15) is 34.8 Å². The molecule has 3 N–H and O–H groups in total. The van der Waals surface area contributed by atoms with E-state index in [2.05, 4.69) is 26.8 Å². The zero-order valence-electron chi connectivity index (χ0n) is 22.8. The van der Waals surface area contributed by atoms with Crippen LogP contribution in [0.25, 0.3) is 0 Å². The summed E-state index contributed by atoms with van der Waals surface area (Å²) in [5.41, 5.74) is 8.07. The van der Waals surface area contributed by atoms with Gasteiger partial charge in [-0.05, 0) is 65.2 Å². The van der Waals surface area contributed by atoms with E-state index in [1.165, 1.54) is 0 Å². The number of nitrogens with zero attached hydrogens (tertiary/aromatic N) is 1. The molecular formula is C33H31BrClN3O4. The van der Waals surface area contributed by atoms with Gasteiger partial charge in [0, 0.05) is 41.1 Å². The highest BCUT2D eigenvalue weighted by atomic mass is 79.9. The molecule has 4 aromatic rings. The molecule has 1 heterocycles. The van der Waals surface area contributed by atoms with Crippen molar-refractivity contribution in [3.63, 3.8) is 0 Å². The Labute approximate surface area is 258 Å². The van der Waals surface area contributed by atoms with E-state index < -0.39 is 11.6 Å². The molecule has 0 aromatic heterocycles. The summed E-state index contributed by atoms with van der Waals surface area (Å²) in [6, 6.07) is 32.4.